The molecule has 19 heavy (non-hydrogen) atoms. The van der Waals surface area contributed by atoms with Crippen LogP contribution >= 0.6 is 0 Å². The van der Waals surface area contributed by atoms with Crippen molar-refractivity contribution in [2.75, 3.05) is 0 Å². The maximum absolute atomic E-state index is 4.55. The van der Waals surface area contributed by atoms with Crippen LogP contribution in [0, 0.1) is 6.92 Å². The van der Waals surface area contributed by atoms with E-state index in [4.69, 9.17) is 0 Å². The van der Waals surface area contributed by atoms with Crippen molar-refractivity contribution < 1.29 is 0 Å². The van der Waals surface area contributed by atoms with Crippen LogP contribution in [0.3, 0.4) is 0 Å². The van der Waals surface area contributed by atoms with Crippen molar-refractivity contribution in [2.24, 2.45) is 0 Å². The number of nitrogens with zero attached hydrogens (tertiary/aromatic N) is 1. The Balaban J connectivity index is 2.27. The Morgan fingerprint density at radius 2 is 1.74 bits per heavy atom. The van der Waals surface area contributed by atoms with Gasteiger partial charge >= 0.3 is 0 Å². The van der Waals surface area contributed by atoms with Gasteiger partial charge < -0.3 is 5.32 Å². The van der Waals surface area contributed by atoms with Gasteiger partial charge in [-0.2, -0.15) is 0 Å². The molecule has 1 aromatic carbocycles. The predicted octanol–water partition coefficient (Wildman–Crippen LogP) is 4.03. The molecule has 1 aromatic heterocycles. The first-order valence-electron chi connectivity index (χ1n) is 7.10. The van der Waals surface area contributed by atoms with Crippen molar-refractivity contribution in [1.29, 1.82) is 0 Å². The fourth-order valence-electron chi connectivity index (χ4n) is 2.49. The van der Waals surface area contributed by atoms with Crippen LogP contribution in [0.5, 0.6) is 0 Å². The van der Waals surface area contributed by atoms with Crippen molar-refractivity contribution in [2.45, 2.75) is 52.6 Å². The molecule has 0 aliphatic heterocycles. The maximum Gasteiger partial charge on any atom is 0.0705 e. The van der Waals surface area contributed by atoms with E-state index in [0.29, 0.717) is 18.0 Å². The SMILES string of the molecule is Cc1ccc2cc(C(C)C(C)NC(C)C)ccc2n1. The summed E-state index contributed by atoms with van der Waals surface area (Å²) in [5.74, 6) is 0.494. The Morgan fingerprint density at radius 1 is 1.00 bits per heavy atom. The summed E-state index contributed by atoms with van der Waals surface area (Å²) >= 11 is 0. The number of benzene rings is 1. The summed E-state index contributed by atoms with van der Waals surface area (Å²) in [7, 11) is 0. The van der Waals surface area contributed by atoms with E-state index >= 15 is 0 Å². The van der Waals surface area contributed by atoms with Crippen LogP contribution in [0.4, 0.5) is 0 Å². The molecule has 2 unspecified atom stereocenters. The molecule has 102 valence electrons. The molecule has 1 heterocycles. The number of fused-ring (bicyclic) bond motifs is 1. The molecule has 0 aliphatic rings. The summed E-state index contributed by atoms with van der Waals surface area (Å²) in [6.45, 7) is 10.9. The maximum atomic E-state index is 4.55. The molecular formula is C17H24N2. The highest BCUT2D eigenvalue weighted by Crippen LogP contribution is 2.23. The largest absolute Gasteiger partial charge is 0.311 e. The van der Waals surface area contributed by atoms with Gasteiger partial charge in [0, 0.05) is 23.2 Å². The number of nitrogens with one attached hydrogen (secondary N) is 1. The number of aromatic nitrogens is 1. The quantitative estimate of drug-likeness (QED) is 0.893. The van der Waals surface area contributed by atoms with Gasteiger partial charge in [0.1, 0.15) is 0 Å². The van der Waals surface area contributed by atoms with Crippen LogP contribution in [0.2, 0.25) is 0 Å². The molecule has 0 saturated heterocycles. The smallest absolute Gasteiger partial charge is 0.0705 e. The third kappa shape index (κ3) is 3.32. The second-order valence-corrected chi connectivity index (χ2v) is 5.80. The van der Waals surface area contributed by atoms with Gasteiger partial charge in [-0.25, -0.2) is 0 Å². The molecule has 0 fully saturated rings. The van der Waals surface area contributed by atoms with Crippen LogP contribution in [0.15, 0.2) is 30.3 Å². The standard InChI is InChI=1S/C17H24N2/c1-11(2)18-14(5)13(4)15-8-9-17-16(10-15)7-6-12(3)19-17/h6-11,13-14,18H,1-5H3. The van der Waals surface area contributed by atoms with Crippen LogP contribution in [-0.2, 0) is 0 Å². The monoisotopic (exact) mass is 256 g/mol. The molecule has 2 rings (SSSR count). The first-order valence-corrected chi connectivity index (χ1v) is 7.10. The summed E-state index contributed by atoms with van der Waals surface area (Å²) in [4.78, 5) is 4.55. The van der Waals surface area contributed by atoms with Crippen LogP contribution in [-0.4, -0.2) is 17.1 Å². The third-order valence-corrected chi connectivity index (χ3v) is 3.72. The average molecular weight is 256 g/mol. The van der Waals surface area contributed by atoms with Crippen molar-refractivity contribution in [3.63, 3.8) is 0 Å². The van der Waals surface area contributed by atoms with Crippen LogP contribution < -0.4 is 5.32 Å². The fourth-order valence-corrected chi connectivity index (χ4v) is 2.49. The van der Waals surface area contributed by atoms with E-state index in [0.717, 1.165) is 11.2 Å². The zero-order valence-corrected chi connectivity index (χ0v) is 12.6. The van der Waals surface area contributed by atoms with Crippen molar-refractivity contribution >= 4 is 10.9 Å². The lowest BCUT2D eigenvalue weighted by atomic mass is 9.93. The van der Waals surface area contributed by atoms with Gasteiger partial charge in [-0.05, 0) is 43.5 Å². The second kappa shape index (κ2) is 5.70. The highest BCUT2D eigenvalue weighted by Gasteiger charge is 2.15. The number of aryl methyl sites for hydroxylation is 1. The number of hydrogen-bond donors (Lipinski definition) is 1. The molecule has 0 radical (unpaired) electrons. The zero-order valence-electron chi connectivity index (χ0n) is 12.6. The summed E-state index contributed by atoms with van der Waals surface area (Å²) < 4.78 is 0. The average Bonchev–Trinajstić information content (AvgIpc) is 2.36. The molecule has 0 amide bonds. The van der Waals surface area contributed by atoms with Gasteiger partial charge in [0.25, 0.3) is 0 Å². The van der Waals surface area contributed by atoms with Gasteiger partial charge in [0.05, 0.1) is 5.52 Å². The van der Waals surface area contributed by atoms with E-state index in [1.807, 2.05) is 6.92 Å². The summed E-state index contributed by atoms with van der Waals surface area (Å²) in [5.41, 5.74) is 3.53. The molecule has 1 N–H and O–H groups in total. The minimum absolute atomic E-state index is 0.468. The summed E-state index contributed by atoms with van der Waals surface area (Å²) in [6.07, 6.45) is 0. The molecule has 0 bridgehead atoms. The predicted molar refractivity (Wildman–Crippen MR) is 82.6 cm³/mol. The Hall–Kier alpha value is -1.41. The van der Waals surface area contributed by atoms with Crippen molar-refractivity contribution in [3.05, 3.63) is 41.6 Å². The van der Waals surface area contributed by atoms with Crippen molar-refractivity contribution in [3.8, 4) is 0 Å². The van der Waals surface area contributed by atoms with E-state index in [-0.39, 0.29) is 0 Å². The van der Waals surface area contributed by atoms with E-state index in [2.05, 4.69) is 68.3 Å². The van der Waals surface area contributed by atoms with Gasteiger partial charge in [-0.3, -0.25) is 4.98 Å². The Labute approximate surface area is 116 Å². The number of hydrogen-bond acceptors (Lipinski definition) is 2. The van der Waals surface area contributed by atoms with E-state index < -0.39 is 0 Å². The molecule has 2 aromatic rings. The first kappa shape index (κ1) is 14.0. The lowest BCUT2D eigenvalue weighted by molar-refractivity contribution is 0.440. The second-order valence-electron chi connectivity index (χ2n) is 5.80. The Kier molecular flexibility index (Phi) is 4.20. The fraction of sp³-hybridized carbons (Fsp3) is 0.471. The Morgan fingerprint density at radius 3 is 2.42 bits per heavy atom. The minimum Gasteiger partial charge on any atom is -0.311 e. The van der Waals surface area contributed by atoms with Crippen LogP contribution in [0.1, 0.15) is 44.9 Å². The van der Waals surface area contributed by atoms with Crippen LogP contribution in [0.25, 0.3) is 10.9 Å². The number of rotatable bonds is 4. The molecule has 2 heteroatoms. The topological polar surface area (TPSA) is 24.9 Å². The Bertz CT molecular complexity index is 560. The highest BCUT2D eigenvalue weighted by molar-refractivity contribution is 5.79. The van der Waals surface area contributed by atoms with E-state index in [9.17, 15) is 0 Å². The third-order valence-electron chi connectivity index (χ3n) is 3.72. The molecule has 0 spiro atoms. The first-order chi connectivity index (χ1) is 8.97. The van der Waals surface area contributed by atoms with Crippen molar-refractivity contribution in [1.82, 2.24) is 10.3 Å². The minimum atomic E-state index is 0.468. The molecule has 0 saturated carbocycles. The lowest BCUT2D eigenvalue weighted by Crippen LogP contribution is -2.36. The molecular weight excluding hydrogens is 232 g/mol. The van der Waals surface area contributed by atoms with E-state index in [1.165, 1.54) is 10.9 Å². The molecule has 0 aliphatic carbocycles. The lowest BCUT2D eigenvalue weighted by Gasteiger charge is -2.24. The highest BCUT2D eigenvalue weighted by atomic mass is 14.9. The van der Waals surface area contributed by atoms with Gasteiger partial charge in [-0.15, -0.1) is 0 Å². The summed E-state index contributed by atoms with van der Waals surface area (Å²) in [6, 6.07) is 11.8. The molecule has 2 nitrogen and oxygen atoms in total. The normalized spacial score (nSPS) is 14.8. The summed E-state index contributed by atoms with van der Waals surface area (Å²) in [5, 5.41) is 4.81. The zero-order chi connectivity index (χ0) is 14.0. The molecule has 2 atom stereocenters. The van der Waals surface area contributed by atoms with Gasteiger partial charge in [-0.1, -0.05) is 32.9 Å². The van der Waals surface area contributed by atoms with Gasteiger partial charge in [0.2, 0.25) is 0 Å². The van der Waals surface area contributed by atoms with E-state index in [1.54, 1.807) is 0 Å². The number of pyridine rings is 1. The van der Waals surface area contributed by atoms with Gasteiger partial charge in [0.15, 0.2) is 0 Å².